The quantitative estimate of drug-likeness (QED) is 0.798. The molecule has 2 aromatic rings. The van der Waals surface area contributed by atoms with Gasteiger partial charge in [-0.2, -0.15) is 0 Å². The number of hydrogen-bond donors (Lipinski definition) is 2. The Balaban J connectivity index is 0.00000208. The van der Waals surface area contributed by atoms with Crippen molar-refractivity contribution in [3.63, 3.8) is 0 Å². The van der Waals surface area contributed by atoms with Crippen LogP contribution in [0.1, 0.15) is 48.4 Å². The van der Waals surface area contributed by atoms with Crippen molar-refractivity contribution in [3.05, 3.63) is 65.2 Å². The van der Waals surface area contributed by atoms with Crippen molar-refractivity contribution >= 4 is 24.0 Å². The highest BCUT2D eigenvalue weighted by molar-refractivity contribution is 5.85. The zero-order chi connectivity index (χ0) is 16.1. The Labute approximate surface area is 150 Å². The largest absolute Gasteiger partial charge is 0.399 e. The van der Waals surface area contributed by atoms with Gasteiger partial charge in [0, 0.05) is 12.1 Å². The lowest BCUT2D eigenvalue weighted by atomic mass is 9.87. The van der Waals surface area contributed by atoms with Gasteiger partial charge >= 0.3 is 0 Å². The van der Waals surface area contributed by atoms with Gasteiger partial charge < -0.3 is 11.1 Å². The summed E-state index contributed by atoms with van der Waals surface area (Å²) in [6.07, 6.45) is 5.59. The standard InChI is InChI=1S/C20H24N2O.ClH/c21-17-12-13-18-16(14-17)9-5-10-19(18)22-20(23)11-4-8-15-6-2-1-3-7-15;/h1-3,6-7,12-14,19H,4-5,8-11,21H2,(H,22,23);1H. The zero-order valence-electron chi connectivity index (χ0n) is 13.8. The monoisotopic (exact) mass is 344 g/mol. The van der Waals surface area contributed by atoms with Crippen molar-refractivity contribution < 1.29 is 4.79 Å². The van der Waals surface area contributed by atoms with Crippen LogP contribution in [-0.2, 0) is 17.6 Å². The second kappa shape index (κ2) is 8.74. The number of rotatable bonds is 5. The number of benzene rings is 2. The molecular formula is C20H25ClN2O. The SMILES string of the molecule is Cl.Nc1ccc2c(c1)CCCC2NC(=O)CCCc1ccccc1. The Kier molecular flexibility index (Phi) is 6.68. The molecular weight excluding hydrogens is 320 g/mol. The van der Waals surface area contributed by atoms with Crippen LogP contribution in [0.4, 0.5) is 5.69 Å². The van der Waals surface area contributed by atoms with Crippen LogP contribution < -0.4 is 11.1 Å². The number of aryl methyl sites for hydroxylation is 2. The highest BCUT2D eigenvalue weighted by atomic mass is 35.5. The summed E-state index contributed by atoms with van der Waals surface area (Å²) in [5.74, 6) is 0.149. The van der Waals surface area contributed by atoms with E-state index in [1.54, 1.807) is 0 Å². The third-order valence-electron chi connectivity index (χ3n) is 4.53. The maximum Gasteiger partial charge on any atom is 0.220 e. The van der Waals surface area contributed by atoms with Gasteiger partial charge in [-0.1, -0.05) is 36.4 Å². The molecule has 1 aliphatic rings. The van der Waals surface area contributed by atoms with Gasteiger partial charge in [-0.15, -0.1) is 12.4 Å². The molecule has 3 N–H and O–H groups in total. The number of anilines is 1. The van der Waals surface area contributed by atoms with Crippen LogP contribution in [0.3, 0.4) is 0 Å². The van der Waals surface area contributed by atoms with E-state index in [1.807, 2.05) is 30.3 Å². The van der Waals surface area contributed by atoms with Gasteiger partial charge in [0.15, 0.2) is 0 Å². The third kappa shape index (κ3) is 4.75. The van der Waals surface area contributed by atoms with Gasteiger partial charge in [-0.25, -0.2) is 0 Å². The molecule has 4 heteroatoms. The summed E-state index contributed by atoms with van der Waals surface area (Å²) in [6, 6.07) is 16.5. The minimum atomic E-state index is 0. The molecule has 0 radical (unpaired) electrons. The summed E-state index contributed by atoms with van der Waals surface area (Å²) in [5.41, 5.74) is 10.5. The maximum atomic E-state index is 12.2. The van der Waals surface area contributed by atoms with Crippen molar-refractivity contribution in [2.24, 2.45) is 0 Å². The summed E-state index contributed by atoms with van der Waals surface area (Å²) in [4.78, 5) is 12.2. The van der Waals surface area contributed by atoms with E-state index in [4.69, 9.17) is 5.73 Å². The van der Waals surface area contributed by atoms with Crippen LogP contribution in [0, 0.1) is 0 Å². The molecule has 0 spiro atoms. The number of nitrogen functional groups attached to an aromatic ring is 1. The van der Waals surface area contributed by atoms with Crippen LogP contribution in [-0.4, -0.2) is 5.91 Å². The van der Waals surface area contributed by atoms with E-state index in [2.05, 4.69) is 23.5 Å². The molecule has 1 unspecified atom stereocenters. The molecule has 0 bridgehead atoms. The molecule has 128 valence electrons. The number of carbonyl (C=O) groups is 1. The number of hydrogen-bond acceptors (Lipinski definition) is 2. The predicted octanol–water partition coefficient (Wildman–Crippen LogP) is 4.21. The fourth-order valence-corrected chi connectivity index (χ4v) is 3.35. The van der Waals surface area contributed by atoms with Crippen LogP contribution >= 0.6 is 12.4 Å². The Hall–Kier alpha value is -2.00. The van der Waals surface area contributed by atoms with Crippen LogP contribution in [0.25, 0.3) is 0 Å². The number of amides is 1. The van der Waals surface area contributed by atoms with E-state index in [9.17, 15) is 4.79 Å². The summed E-state index contributed by atoms with van der Waals surface area (Å²) >= 11 is 0. The van der Waals surface area contributed by atoms with Crippen molar-refractivity contribution in [1.82, 2.24) is 5.32 Å². The molecule has 1 atom stereocenters. The number of carbonyl (C=O) groups excluding carboxylic acids is 1. The first-order valence-corrected chi connectivity index (χ1v) is 8.44. The highest BCUT2D eigenvalue weighted by Gasteiger charge is 2.21. The van der Waals surface area contributed by atoms with Crippen molar-refractivity contribution in [2.45, 2.75) is 44.6 Å². The second-order valence-electron chi connectivity index (χ2n) is 6.31. The van der Waals surface area contributed by atoms with Crippen LogP contribution in [0.5, 0.6) is 0 Å². The van der Waals surface area contributed by atoms with Gasteiger partial charge in [-0.3, -0.25) is 4.79 Å². The van der Waals surface area contributed by atoms with E-state index in [0.29, 0.717) is 6.42 Å². The fraction of sp³-hybridized carbons (Fsp3) is 0.350. The summed E-state index contributed by atoms with van der Waals surface area (Å²) < 4.78 is 0. The van der Waals surface area contributed by atoms with E-state index in [0.717, 1.165) is 37.8 Å². The number of nitrogens with one attached hydrogen (secondary N) is 1. The average molecular weight is 345 g/mol. The molecule has 24 heavy (non-hydrogen) atoms. The van der Waals surface area contributed by atoms with Gasteiger partial charge in [0.2, 0.25) is 5.91 Å². The first-order valence-electron chi connectivity index (χ1n) is 8.44. The smallest absolute Gasteiger partial charge is 0.220 e. The highest BCUT2D eigenvalue weighted by Crippen LogP contribution is 2.31. The number of fused-ring (bicyclic) bond motifs is 1. The Morgan fingerprint density at radius 2 is 1.96 bits per heavy atom. The molecule has 0 saturated heterocycles. The number of nitrogens with two attached hydrogens (primary N) is 1. The zero-order valence-corrected chi connectivity index (χ0v) is 14.6. The Morgan fingerprint density at radius 3 is 2.75 bits per heavy atom. The van der Waals surface area contributed by atoms with E-state index in [-0.39, 0.29) is 24.4 Å². The summed E-state index contributed by atoms with van der Waals surface area (Å²) in [7, 11) is 0. The molecule has 0 saturated carbocycles. The molecule has 2 aromatic carbocycles. The van der Waals surface area contributed by atoms with Crippen molar-refractivity contribution in [1.29, 1.82) is 0 Å². The lowest BCUT2D eigenvalue weighted by molar-refractivity contribution is -0.122. The molecule has 1 aliphatic carbocycles. The molecule has 3 rings (SSSR count). The first kappa shape index (κ1) is 18.3. The molecule has 0 aliphatic heterocycles. The summed E-state index contributed by atoms with van der Waals surface area (Å²) in [5, 5.41) is 3.20. The third-order valence-corrected chi connectivity index (χ3v) is 4.53. The lowest BCUT2D eigenvalue weighted by Crippen LogP contribution is -2.30. The van der Waals surface area contributed by atoms with Crippen LogP contribution in [0.15, 0.2) is 48.5 Å². The van der Waals surface area contributed by atoms with Gasteiger partial charge in [-0.05, 0) is 60.9 Å². The molecule has 0 aromatic heterocycles. The maximum absolute atomic E-state index is 12.2. The topological polar surface area (TPSA) is 55.1 Å². The Bertz CT molecular complexity index is 673. The normalized spacial score (nSPS) is 15.9. The van der Waals surface area contributed by atoms with E-state index < -0.39 is 0 Å². The molecule has 3 nitrogen and oxygen atoms in total. The van der Waals surface area contributed by atoms with Crippen molar-refractivity contribution in [3.8, 4) is 0 Å². The fourth-order valence-electron chi connectivity index (χ4n) is 3.35. The van der Waals surface area contributed by atoms with Gasteiger partial charge in [0.1, 0.15) is 0 Å². The molecule has 1 amide bonds. The second-order valence-corrected chi connectivity index (χ2v) is 6.31. The number of halogens is 1. The minimum Gasteiger partial charge on any atom is -0.399 e. The first-order chi connectivity index (χ1) is 11.2. The molecule has 0 heterocycles. The predicted molar refractivity (Wildman–Crippen MR) is 101 cm³/mol. The van der Waals surface area contributed by atoms with E-state index >= 15 is 0 Å². The lowest BCUT2D eigenvalue weighted by Gasteiger charge is -2.26. The average Bonchev–Trinajstić information content (AvgIpc) is 2.56. The molecule has 0 fully saturated rings. The van der Waals surface area contributed by atoms with E-state index in [1.165, 1.54) is 16.7 Å². The van der Waals surface area contributed by atoms with Crippen molar-refractivity contribution in [2.75, 3.05) is 5.73 Å². The Morgan fingerprint density at radius 1 is 1.17 bits per heavy atom. The van der Waals surface area contributed by atoms with Crippen LogP contribution in [0.2, 0.25) is 0 Å². The minimum absolute atomic E-state index is 0. The van der Waals surface area contributed by atoms with Gasteiger partial charge in [0.25, 0.3) is 0 Å². The summed E-state index contributed by atoms with van der Waals surface area (Å²) in [6.45, 7) is 0. The van der Waals surface area contributed by atoms with Gasteiger partial charge in [0.05, 0.1) is 6.04 Å².